The molecular formula is C60H56N4O12. The van der Waals surface area contributed by atoms with Gasteiger partial charge in [-0.05, 0) is 135 Å². The number of aromatic nitrogens is 2. The first-order valence-corrected chi connectivity index (χ1v) is 24.2. The molecule has 2 amide bonds. The number of benzene rings is 6. The molecule has 6 aromatic carbocycles. The monoisotopic (exact) mass is 1020 g/mol. The fourth-order valence-corrected chi connectivity index (χ4v) is 7.61. The lowest BCUT2D eigenvalue weighted by atomic mass is 10.0. The number of aliphatic carboxylic acids is 2. The van der Waals surface area contributed by atoms with Gasteiger partial charge in [-0.2, -0.15) is 0 Å². The molecule has 2 aromatic heterocycles. The molecule has 0 aliphatic heterocycles. The summed E-state index contributed by atoms with van der Waals surface area (Å²) < 4.78 is 32.5. The molecule has 2 heterocycles. The Hall–Kier alpha value is -9.62. The number of carboxylic acids is 2. The van der Waals surface area contributed by atoms with Gasteiger partial charge in [0, 0.05) is 29.8 Å². The molecule has 16 heteroatoms. The van der Waals surface area contributed by atoms with Crippen molar-refractivity contribution in [2.45, 2.75) is 52.6 Å². The highest BCUT2D eigenvalue weighted by Crippen LogP contribution is 2.25. The summed E-state index contributed by atoms with van der Waals surface area (Å²) in [4.78, 5) is 59.5. The highest BCUT2D eigenvalue weighted by atomic mass is 16.6. The summed E-state index contributed by atoms with van der Waals surface area (Å²) in [6.07, 6.45) is 1.49. The number of rotatable bonds is 19. The maximum absolute atomic E-state index is 12.7. The lowest BCUT2D eigenvalue weighted by Crippen LogP contribution is -2.37. The normalized spacial score (nSPS) is 10.5. The van der Waals surface area contributed by atoms with Gasteiger partial charge >= 0.3 is 24.1 Å². The molecule has 0 atom stereocenters. The van der Waals surface area contributed by atoms with Crippen LogP contribution in [0.25, 0.3) is 22.9 Å². The van der Waals surface area contributed by atoms with Crippen LogP contribution in [0.1, 0.15) is 51.6 Å². The van der Waals surface area contributed by atoms with E-state index < -0.39 is 37.2 Å². The van der Waals surface area contributed by atoms with Crippen molar-refractivity contribution in [2.24, 2.45) is 0 Å². The first-order chi connectivity index (χ1) is 36.8. The maximum Gasteiger partial charge on any atom is 0.416 e. The summed E-state index contributed by atoms with van der Waals surface area (Å²) in [7, 11) is 3.08. The first-order valence-electron chi connectivity index (χ1n) is 24.2. The molecular weight excluding hydrogens is 969 g/mol. The van der Waals surface area contributed by atoms with Crippen LogP contribution in [0, 0.1) is 25.7 Å². The number of carboxylic acid groups (broad SMARTS) is 2. The zero-order valence-corrected chi connectivity index (χ0v) is 42.4. The fraction of sp³-hybridized carbons (Fsp3) is 0.200. The Bertz CT molecular complexity index is 3240. The number of amides is 2. The van der Waals surface area contributed by atoms with Gasteiger partial charge in [0.25, 0.3) is 0 Å². The van der Waals surface area contributed by atoms with Crippen molar-refractivity contribution in [1.82, 2.24) is 19.8 Å². The highest BCUT2D eigenvalue weighted by molar-refractivity contribution is 5.79. The zero-order valence-electron chi connectivity index (χ0n) is 42.4. The lowest BCUT2D eigenvalue weighted by molar-refractivity contribution is -0.138. The lowest BCUT2D eigenvalue weighted by Gasteiger charge is -2.20. The second kappa shape index (κ2) is 26.9. The van der Waals surface area contributed by atoms with E-state index in [0.29, 0.717) is 35.5 Å². The number of nitrogens with zero attached hydrogens (tertiary/aromatic N) is 4. The van der Waals surface area contributed by atoms with E-state index in [9.17, 15) is 29.4 Å². The summed E-state index contributed by atoms with van der Waals surface area (Å²) in [5.41, 5.74) is 7.09. The third-order valence-electron chi connectivity index (χ3n) is 11.6. The van der Waals surface area contributed by atoms with Crippen molar-refractivity contribution in [1.29, 1.82) is 0 Å². The molecule has 8 rings (SSSR count). The van der Waals surface area contributed by atoms with E-state index in [1.54, 1.807) is 67.8 Å². The molecule has 16 nitrogen and oxygen atoms in total. The van der Waals surface area contributed by atoms with Crippen LogP contribution < -0.4 is 18.9 Å². The summed E-state index contributed by atoms with van der Waals surface area (Å²) in [6, 6.07) is 47.5. The molecule has 0 aliphatic carbocycles. The topological polar surface area (TPSA) is 204 Å². The van der Waals surface area contributed by atoms with Gasteiger partial charge in [0.15, 0.2) is 0 Å². The molecule has 0 saturated carbocycles. The Morgan fingerprint density at radius 2 is 0.921 bits per heavy atom. The molecule has 2 N–H and O–H groups in total. The van der Waals surface area contributed by atoms with E-state index in [-0.39, 0.29) is 18.8 Å². The minimum Gasteiger partial charge on any atom is -0.497 e. The quantitative estimate of drug-likeness (QED) is 0.0724. The third kappa shape index (κ3) is 16.2. The Kier molecular flexibility index (Phi) is 19.2. The number of ether oxygens (including phenoxy) is 4. The number of oxazole rings is 2. The van der Waals surface area contributed by atoms with E-state index in [1.807, 2.05) is 111 Å². The second-order valence-electron chi connectivity index (χ2n) is 17.2. The molecule has 0 spiro atoms. The van der Waals surface area contributed by atoms with Gasteiger partial charge in [-0.25, -0.2) is 19.6 Å². The molecule has 0 unspecified atom stereocenters. The van der Waals surface area contributed by atoms with E-state index in [4.69, 9.17) is 27.8 Å². The summed E-state index contributed by atoms with van der Waals surface area (Å²) in [6.45, 7) is 3.01. The van der Waals surface area contributed by atoms with Crippen LogP contribution in [-0.4, -0.2) is 81.4 Å². The number of carbonyl (C=O) groups is 4. The van der Waals surface area contributed by atoms with E-state index in [1.165, 1.54) is 7.11 Å². The fourth-order valence-electron chi connectivity index (χ4n) is 7.61. The van der Waals surface area contributed by atoms with Crippen molar-refractivity contribution >= 4 is 24.1 Å². The van der Waals surface area contributed by atoms with Crippen LogP contribution in [0.2, 0.25) is 0 Å². The van der Waals surface area contributed by atoms with Crippen LogP contribution in [-0.2, 0) is 41.9 Å². The molecule has 0 aliphatic rings. The standard InChI is InChI=1S/C30H30N2O6.C30H26N2O6/c2*1-21-27(31-29(37-21)24-8-4-3-5-9-24)10-6-7-22-11-13-23(14-12-22)19-32(20-28(33)34)30(35)38-26-17-15-25(36-2)16-18-26/h3-5,8-9,11-18H,6-7,10,19-20H2,1-2H3,(H,33,34);3-5,8-9,11-18H,10,19-20H2,1-2H3,(H,33,34). The average Bonchev–Trinajstić information content (AvgIpc) is 4.00. The second-order valence-corrected chi connectivity index (χ2v) is 17.2. The zero-order chi connectivity index (χ0) is 53.8. The molecule has 388 valence electrons. The molecule has 0 radical (unpaired) electrons. The molecule has 8 aromatic rings. The molecule has 76 heavy (non-hydrogen) atoms. The van der Waals surface area contributed by atoms with Gasteiger partial charge < -0.3 is 38.0 Å². The van der Waals surface area contributed by atoms with Gasteiger partial charge in [0.2, 0.25) is 11.8 Å². The number of carbonyl (C=O) groups excluding carboxylic acids is 2. The van der Waals surface area contributed by atoms with Gasteiger partial charge in [0.05, 0.1) is 32.0 Å². The van der Waals surface area contributed by atoms with Crippen molar-refractivity contribution in [3.63, 3.8) is 0 Å². The number of hydrogen-bond donors (Lipinski definition) is 2. The summed E-state index contributed by atoms with van der Waals surface area (Å²) >= 11 is 0. The van der Waals surface area contributed by atoms with E-state index in [0.717, 1.165) is 85.4 Å². The predicted molar refractivity (Wildman–Crippen MR) is 283 cm³/mol. The van der Waals surface area contributed by atoms with E-state index in [2.05, 4.69) is 21.8 Å². The van der Waals surface area contributed by atoms with Gasteiger partial charge in [0.1, 0.15) is 47.6 Å². The van der Waals surface area contributed by atoms with Crippen LogP contribution in [0.5, 0.6) is 23.0 Å². The van der Waals surface area contributed by atoms with Crippen molar-refractivity contribution in [3.05, 3.63) is 203 Å². The Morgan fingerprint density at radius 3 is 1.37 bits per heavy atom. The Labute approximate surface area is 440 Å². The Morgan fingerprint density at radius 1 is 0.513 bits per heavy atom. The molecule has 0 fully saturated rings. The molecule has 0 bridgehead atoms. The third-order valence-corrected chi connectivity index (χ3v) is 11.6. The average molecular weight is 1030 g/mol. The predicted octanol–water partition coefficient (Wildman–Crippen LogP) is 11.3. The maximum atomic E-state index is 12.7. The minimum atomic E-state index is -1.14. The minimum absolute atomic E-state index is 0.0649. The number of aryl methyl sites for hydroxylation is 4. The van der Waals surface area contributed by atoms with Crippen LogP contribution in [0.4, 0.5) is 9.59 Å². The van der Waals surface area contributed by atoms with Crippen molar-refractivity contribution in [2.75, 3.05) is 27.3 Å². The number of methoxy groups -OCH3 is 2. The summed E-state index contributed by atoms with van der Waals surface area (Å²) in [5, 5.41) is 18.6. The smallest absolute Gasteiger partial charge is 0.416 e. The summed E-state index contributed by atoms with van der Waals surface area (Å²) in [5.74, 6) is 8.57. The van der Waals surface area contributed by atoms with Gasteiger partial charge in [-0.3, -0.25) is 19.4 Å². The SMILES string of the molecule is COc1ccc(OC(=O)N(CC(=O)O)Cc2ccc(C#CCc3nc(-c4ccccc4)oc3C)cc2)cc1.COc1ccc(OC(=O)N(CC(=O)O)Cc2ccc(CCCc3nc(-c4ccccc4)oc3C)cc2)cc1. The highest BCUT2D eigenvalue weighted by Gasteiger charge is 2.22. The van der Waals surface area contributed by atoms with Crippen molar-refractivity contribution < 1.29 is 57.2 Å². The van der Waals surface area contributed by atoms with Crippen LogP contribution in [0.3, 0.4) is 0 Å². The number of hydrogen-bond acceptors (Lipinski definition) is 12. The van der Waals surface area contributed by atoms with Crippen LogP contribution >= 0.6 is 0 Å². The first kappa shape index (κ1) is 54.2. The van der Waals surface area contributed by atoms with Crippen molar-refractivity contribution in [3.8, 4) is 57.7 Å². The Balaban J connectivity index is 0.000000221. The van der Waals surface area contributed by atoms with E-state index >= 15 is 0 Å². The van der Waals surface area contributed by atoms with Gasteiger partial charge in [-0.1, -0.05) is 84.6 Å². The largest absolute Gasteiger partial charge is 0.497 e. The van der Waals surface area contributed by atoms with Crippen LogP contribution in [0.15, 0.2) is 167 Å². The molecule has 0 saturated heterocycles. The van der Waals surface area contributed by atoms with Gasteiger partial charge in [-0.15, -0.1) is 0 Å².